The molecule has 2 atom stereocenters. The maximum absolute atomic E-state index is 12.5. The third-order valence-corrected chi connectivity index (χ3v) is 5.26. The van der Waals surface area contributed by atoms with Crippen LogP contribution in [0, 0.1) is 23.2 Å². The molecule has 2 heteroatoms. The number of carbonyl (C=O) groups is 1. The van der Waals surface area contributed by atoms with Crippen molar-refractivity contribution in [3.05, 3.63) is 0 Å². The van der Waals surface area contributed by atoms with E-state index in [0.717, 1.165) is 17.8 Å². The Hall–Kier alpha value is -0.530. The number of hydrogen-bond donors (Lipinski definition) is 1. The Labute approximate surface area is 105 Å². The van der Waals surface area contributed by atoms with E-state index in [1.807, 2.05) is 0 Å². The first-order valence-corrected chi connectivity index (χ1v) is 7.38. The van der Waals surface area contributed by atoms with E-state index >= 15 is 0 Å². The summed E-state index contributed by atoms with van der Waals surface area (Å²) >= 11 is 0. The zero-order chi connectivity index (χ0) is 12.0. The molecule has 4 bridgehead atoms. The first-order valence-electron chi connectivity index (χ1n) is 7.38. The molecule has 0 aromatic carbocycles. The van der Waals surface area contributed by atoms with E-state index in [1.165, 1.54) is 44.9 Å². The standard InChI is InChI=1S/C15H25NO/c1-10(2)16-14(17)15-7-11-3-4-12(8-15)6-13(5-11)9-15/h10-13H,3-9H2,1-2H3,(H,16,17)/t11-,12-,13?,15?/m0/s1. The van der Waals surface area contributed by atoms with Crippen molar-refractivity contribution in [3.63, 3.8) is 0 Å². The summed E-state index contributed by atoms with van der Waals surface area (Å²) in [5.41, 5.74) is 0.0251. The van der Waals surface area contributed by atoms with Crippen LogP contribution in [0.25, 0.3) is 0 Å². The lowest BCUT2D eigenvalue weighted by Crippen LogP contribution is -2.50. The number of carbonyl (C=O) groups excluding carboxylic acids is 1. The number of nitrogens with one attached hydrogen (secondary N) is 1. The van der Waals surface area contributed by atoms with Crippen molar-refractivity contribution in [1.29, 1.82) is 0 Å². The molecule has 1 amide bonds. The zero-order valence-electron chi connectivity index (χ0n) is 11.2. The van der Waals surface area contributed by atoms with Gasteiger partial charge in [0.15, 0.2) is 0 Å². The fourth-order valence-corrected chi connectivity index (χ4v) is 4.88. The largest absolute Gasteiger partial charge is 0.353 e. The van der Waals surface area contributed by atoms with E-state index in [0.29, 0.717) is 5.91 Å². The topological polar surface area (TPSA) is 29.1 Å². The van der Waals surface area contributed by atoms with Crippen molar-refractivity contribution in [3.8, 4) is 0 Å². The lowest BCUT2D eigenvalue weighted by atomic mass is 9.58. The Balaban J connectivity index is 1.84. The molecule has 4 fully saturated rings. The fourth-order valence-electron chi connectivity index (χ4n) is 4.88. The molecule has 0 aromatic rings. The first kappa shape index (κ1) is 11.6. The van der Waals surface area contributed by atoms with Crippen LogP contribution in [0.15, 0.2) is 0 Å². The van der Waals surface area contributed by atoms with E-state index in [1.54, 1.807) is 0 Å². The molecule has 0 unspecified atom stereocenters. The maximum atomic E-state index is 12.5. The van der Waals surface area contributed by atoms with Gasteiger partial charge in [-0.2, -0.15) is 0 Å². The van der Waals surface area contributed by atoms with Crippen LogP contribution in [-0.4, -0.2) is 11.9 Å². The molecule has 2 nitrogen and oxygen atoms in total. The average molecular weight is 235 g/mol. The quantitative estimate of drug-likeness (QED) is 0.783. The van der Waals surface area contributed by atoms with Crippen LogP contribution in [0.2, 0.25) is 0 Å². The first-order chi connectivity index (χ1) is 8.07. The molecule has 0 radical (unpaired) electrons. The van der Waals surface area contributed by atoms with E-state index < -0.39 is 0 Å². The molecular formula is C15H25NO. The van der Waals surface area contributed by atoms with Gasteiger partial charge in [-0.3, -0.25) is 4.79 Å². The van der Waals surface area contributed by atoms with E-state index in [-0.39, 0.29) is 11.5 Å². The highest BCUT2D eigenvalue weighted by atomic mass is 16.2. The monoisotopic (exact) mass is 235 g/mol. The number of rotatable bonds is 2. The van der Waals surface area contributed by atoms with E-state index in [4.69, 9.17) is 0 Å². The predicted octanol–water partition coefficient (Wildman–Crippen LogP) is 3.12. The molecule has 4 rings (SSSR count). The summed E-state index contributed by atoms with van der Waals surface area (Å²) in [6.07, 6.45) is 9.13. The van der Waals surface area contributed by atoms with Gasteiger partial charge in [0.2, 0.25) is 5.91 Å². The summed E-state index contributed by atoms with van der Waals surface area (Å²) in [7, 11) is 0. The van der Waals surface area contributed by atoms with Gasteiger partial charge in [-0.25, -0.2) is 0 Å². The van der Waals surface area contributed by atoms with Gasteiger partial charge < -0.3 is 5.32 Å². The lowest BCUT2D eigenvalue weighted by molar-refractivity contribution is -0.139. The normalized spacial score (nSPS) is 43.8. The number of hydrogen-bond acceptors (Lipinski definition) is 1. The Morgan fingerprint density at radius 2 is 1.59 bits per heavy atom. The minimum atomic E-state index is 0.0251. The Kier molecular flexibility index (Phi) is 2.72. The molecule has 17 heavy (non-hydrogen) atoms. The summed E-state index contributed by atoms with van der Waals surface area (Å²) in [4.78, 5) is 12.5. The van der Waals surface area contributed by atoms with Gasteiger partial charge in [0.05, 0.1) is 0 Å². The molecule has 0 aromatic heterocycles. The second-order valence-corrected chi connectivity index (χ2v) is 7.17. The van der Waals surface area contributed by atoms with Crippen molar-refractivity contribution in [2.24, 2.45) is 23.2 Å². The van der Waals surface area contributed by atoms with Crippen LogP contribution in [0.4, 0.5) is 0 Å². The minimum Gasteiger partial charge on any atom is -0.353 e. The molecule has 0 saturated heterocycles. The number of amides is 1. The molecule has 4 aliphatic rings. The highest BCUT2D eigenvalue weighted by Crippen LogP contribution is 2.57. The molecule has 4 aliphatic carbocycles. The third kappa shape index (κ3) is 2.00. The van der Waals surface area contributed by atoms with Crippen LogP contribution in [0.1, 0.15) is 58.8 Å². The van der Waals surface area contributed by atoms with Gasteiger partial charge in [-0.05, 0) is 63.7 Å². The van der Waals surface area contributed by atoms with Gasteiger partial charge in [-0.15, -0.1) is 0 Å². The summed E-state index contributed by atoms with van der Waals surface area (Å²) in [6.45, 7) is 4.15. The summed E-state index contributed by atoms with van der Waals surface area (Å²) in [6, 6.07) is 0.289. The predicted molar refractivity (Wildman–Crippen MR) is 68.5 cm³/mol. The van der Waals surface area contributed by atoms with Crippen LogP contribution < -0.4 is 5.32 Å². The third-order valence-electron chi connectivity index (χ3n) is 5.26. The van der Waals surface area contributed by atoms with Crippen molar-refractivity contribution in [2.45, 2.75) is 64.8 Å². The van der Waals surface area contributed by atoms with Gasteiger partial charge >= 0.3 is 0 Å². The Morgan fingerprint density at radius 1 is 1.06 bits per heavy atom. The lowest BCUT2D eigenvalue weighted by Gasteiger charge is -2.47. The molecule has 96 valence electrons. The highest BCUT2D eigenvalue weighted by molar-refractivity contribution is 5.83. The second-order valence-electron chi connectivity index (χ2n) is 7.17. The van der Waals surface area contributed by atoms with Crippen LogP contribution in [-0.2, 0) is 4.79 Å². The second kappa shape index (κ2) is 4.00. The smallest absolute Gasteiger partial charge is 0.226 e. The molecular weight excluding hydrogens is 210 g/mol. The van der Waals surface area contributed by atoms with Gasteiger partial charge in [0.25, 0.3) is 0 Å². The van der Waals surface area contributed by atoms with Gasteiger partial charge in [-0.1, -0.05) is 12.8 Å². The van der Waals surface area contributed by atoms with Gasteiger partial charge in [0, 0.05) is 11.5 Å². The fraction of sp³-hybridized carbons (Fsp3) is 0.933. The molecule has 4 saturated carbocycles. The van der Waals surface area contributed by atoms with E-state index in [2.05, 4.69) is 19.2 Å². The van der Waals surface area contributed by atoms with Crippen LogP contribution in [0.5, 0.6) is 0 Å². The molecule has 0 heterocycles. The van der Waals surface area contributed by atoms with Crippen molar-refractivity contribution < 1.29 is 4.79 Å². The highest BCUT2D eigenvalue weighted by Gasteiger charge is 2.52. The van der Waals surface area contributed by atoms with Crippen LogP contribution >= 0.6 is 0 Å². The SMILES string of the molecule is CC(C)NC(=O)C12CC3C[C@H](CC[C@@H](C3)C1)C2. The van der Waals surface area contributed by atoms with Crippen molar-refractivity contribution in [1.82, 2.24) is 5.32 Å². The average Bonchev–Trinajstić information content (AvgIpc) is 2.44. The summed E-state index contributed by atoms with van der Waals surface area (Å²) in [5.74, 6) is 2.92. The molecule has 0 spiro atoms. The van der Waals surface area contributed by atoms with Crippen molar-refractivity contribution in [2.75, 3.05) is 0 Å². The maximum Gasteiger partial charge on any atom is 0.226 e. The summed E-state index contributed by atoms with van der Waals surface area (Å²) in [5, 5.41) is 3.19. The van der Waals surface area contributed by atoms with Gasteiger partial charge in [0.1, 0.15) is 0 Å². The Bertz CT molecular complexity index is 307. The molecule has 1 N–H and O–H groups in total. The Morgan fingerprint density at radius 3 is 2.12 bits per heavy atom. The van der Waals surface area contributed by atoms with Crippen LogP contribution in [0.3, 0.4) is 0 Å². The van der Waals surface area contributed by atoms with E-state index in [9.17, 15) is 4.79 Å². The zero-order valence-corrected chi connectivity index (χ0v) is 11.2. The summed E-state index contributed by atoms with van der Waals surface area (Å²) < 4.78 is 0. The number of fused-ring (bicyclic) bond motifs is 1. The van der Waals surface area contributed by atoms with Crippen molar-refractivity contribution >= 4 is 5.91 Å². The minimum absolute atomic E-state index is 0.0251. The molecule has 0 aliphatic heterocycles.